The number of nitrogens with zero attached hydrogens (tertiary/aromatic N) is 2. The predicted molar refractivity (Wildman–Crippen MR) is 102 cm³/mol. The second kappa shape index (κ2) is 7.73. The van der Waals surface area contributed by atoms with Crippen molar-refractivity contribution in [3.63, 3.8) is 0 Å². The van der Waals surface area contributed by atoms with E-state index in [1.165, 1.54) is 23.9 Å². The van der Waals surface area contributed by atoms with Crippen LogP contribution in [0.1, 0.15) is 12.0 Å². The predicted octanol–water partition coefficient (Wildman–Crippen LogP) is 4.77. The molecule has 2 aliphatic rings. The molecule has 1 saturated heterocycles. The molecule has 1 radical (unpaired) electrons. The molecule has 143 valence electrons. The Hall–Kier alpha value is -1.70. The lowest BCUT2D eigenvalue weighted by molar-refractivity contribution is -0.137. The van der Waals surface area contributed by atoms with Gasteiger partial charge in [0.05, 0.1) is 16.9 Å². The molecule has 0 unspecified atom stereocenters. The topological polar surface area (TPSA) is 18.5 Å². The Morgan fingerprint density at radius 3 is 2.59 bits per heavy atom. The first-order chi connectivity index (χ1) is 13.0. The van der Waals surface area contributed by atoms with Gasteiger partial charge in [0.1, 0.15) is 0 Å². The van der Waals surface area contributed by atoms with Gasteiger partial charge in [-0.05, 0) is 43.3 Å². The van der Waals surface area contributed by atoms with Crippen LogP contribution in [0.3, 0.4) is 0 Å². The van der Waals surface area contributed by atoms with E-state index < -0.39 is 11.7 Å². The highest BCUT2D eigenvalue weighted by atomic mass is 32.2. The Balaban J connectivity index is 1.59. The van der Waals surface area contributed by atoms with Gasteiger partial charge in [0.2, 0.25) is 0 Å². The number of para-hydroxylation sites is 1. The smallest absolute Gasteiger partial charge is 0.340 e. The number of anilines is 2. The van der Waals surface area contributed by atoms with Crippen molar-refractivity contribution in [3.05, 3.63) is 54.6 Å². The van der Waals surface area contributed by atoms with Gasteiger partial charge in [0.15, 0.2) is 0 Å². The van der Waals surface area contributed by atoms with E-state index in [2.05, 4.69) is 16.8 Å². The summed E-state index contributed by atoms with van der Waals surface area (Å²) < 4.78 is 39.7. The summed E-state index contributed by atoms with van der Waals surface area (Å²) in [5.41, 5.74) is 1.05. The largest absolute Gasteiger partial charge is 0.416 e. The van der Waals surface area contributed by atoms with Gasteiger partial charge < -0.3 is 15.1 Å². The third-order valence-electron chi connectivity index (χ3n) is 4.88. The first-order valence-corrected chi connectivity index (χ1v) is 9.87. The second-order valence-electron chi connectivity index (χ2n) is 6.71. The van der Waals surface area contributed by atoms with Crippen molar-refractivity contribution >= 4 is 23.1 Å². The normalized spacial score (nSPS) is 17.5. The third-order valence-corrected chi connectivity index (χ3v) is 6.01. The van der Waals surface area contributed by atoms with Crippen molar-refractivity contribution in [1.82, 2.24) is 10.2 Å². The first kappa shape index (κ1) is 18.7. The van der Waals surface area contributed by atoms with Crippen LogP contribution in [0.2, 0.25) is 0 Å². The van der Waals surface area contributed by atoms with Gasteiger partial charge in [-0.3, -0.25) is 0 Å². The van der Waals surface area contributed by atoms with Crippen molar-refractivity contribution in [2.24, 2.45) is 0 Å². The van der Waals surface area contributed by atoms with Crippen LogP contribution in [-0.2, 0) is 6.18 Å². The molecule has 0 atom stereocenters. The average molecular weight is 392 g/mol. The van der Waals surface area contributed by atoms with Crippen molar-refractivity contribution in [1.29, 1.82) is 0 Å². The summed E-state index contributed by atoms with van der Waals surface area (Å²) in [6.45, 7) is 6.52. The van der Waals surface area contributed by atoms with Gasteiger partial charge in [0, 0.05) is 42.5 Å². The Labute approximate surface area is 161 Å². The van der Waals surface area contributed by atoms with Gasteiger partial charge in [-0.2, -0.15) is 13.2 Å². The zero-order valence-electron chi connectivity index (χ0n) is 14.8. The van der Waals surface area contributed by atoms with E-state index in [1.807, 2.05) is 29.2 Å². The molecule has 3 nitrogen and oxygen atoms in total. The number of halogens is 3. The van der Waals surface area contributed by atoms with Crippen LogP contribution >= 0.6 is 11.8 Å². The minimum absolute atomic E-state index is 0.595. The summed E-state index contributed by atoms with van der Waals surface area (Å²) in [4.78, 5) is 6.36. The highest BCUT2D eigenvalue weighted by Crippen LogP contribution is 2.49. The Morgan fingerprint density at radius 1 is 1.00 bits per heavy atom. The van der Waals surface area contributed by atoms with Crippen LogP contribution in [0.15, 0.2) is 52.3 Å². The summed E-state index contributed by atoms with van der Waals surface area (Å²) in [5, 5.41) is 3.21. The van der Waals surface area contributed by atoms with Crippen molar-refractivity contribution < 1.29 is 13.2 Å². The van der Waals surface area contributed by atoms with E-state index in [-0.39, 0.29) is 0 Å². The fourth-order valence-corrected chi connectivity index (χ4v) is 4.59. The van der Waals surface area contributed by atoms with Crippen LogP contribution in [0, 0.1) is 6.54 Å². The fourth-order valence-electron chi connectivity index (χ4n) is 3.51. The van der Waals surface area contributed by atoms with Gasteiger partial charge in [0.25, 0.3) is 0 Å². The first-order valence-electron chi connectivity index (χ1n) is 9.05. The summed E-state index contributed by atoms with van der Waals surface area (Å²) in [7, 11) is 0. The zero-order chi connectivity index (χ0) is 18.9. The molecule has 0 aliphatic carbocycles. The van der Waals surface area contributed by atoms with E-state index in [1.54, 1.807) is 6.07 Å². The molecular weight excluding hydrogens is 371 g/mol. The van der Waals surface area contributed by atoms with E-state index in [9.17, 15) is 13.2 Å². The lowest BCUT2D eigenvalue weighted by Crippen LogP contribution is -2.41. The minimum Gasteiger partial charge on any atom is -0.340 e. The Morgan fingerprint density at radius 2 is 1.81 bits per heavy atom. The zero-order valence-corrected chi connectivity index (χ0v) is 15.6. The lowest BCUT2D eigenvalue weighted by atomic mass is 10.1. The Bertz CT molecular complexity index is 803. The van der Waals surface area contributed by atoms with Crippen molar-refractivity contribution in [3.8, 4) is 0 Å². The van der Waals surface area contributed by atoms with Crippen LogP contribution in [0.5, 0.6) is 0 Å². The number of rotatable bonds is 4. The molecule has 2 aromatic rings. The van der Waals surface area contributed by atoms with Crippen LogP contribution < -0.4 is 10.2 Å². The summed E-state index contributed by atoms with van der Waals surface area (Å²) in [5.74, 6) is 0. The van der Waals surface area contributed by atoms with Gasteiger partial charge in [-0.1, -0.05) is 23.9 Å². The molecule has 2 aliphatic heterocycles. The van der Waals surface area contributed by atoms with E-state index >= 15 is 0 Å². The standard InChI is InChI=1S/C20H21F3N3S/c21-20(22,23)15-6-7-19-17(14-15)26(16-4-1-2-5-18(16)27-19)11-3-10-25-12-8-24-9-13-25/h1-2,4-8,14,24H,3,9-13H2. The number of alkyl halides is 3. The molecule has 0 bridgehead atoms. The molecule has 27 heavy (non-hydrogen) atoms. The number of benzene rings is 2. The van der Waals surface area contributed by atoms with Gasteiger partial charge in [-0.15, -0.1) is 0 Å². The molecule has 0 spiro atoms. The molecule has 4 rings (SSSR count). The maximum atomic E-state index is 13.2. The van der Waals surface area contributed by atoms with Gasteiger partial charge in [-0.25, -0.2) is 0 Å². The van der Waals surface area contributed by atoms with Gasteiger partial charge >= 0.3 is 6.18 Å². The number of hydrogen-bond donors (Lipinski definition) is 1. The SMILES string of the molecule is FC(F)(F)c1ccc2c(c1)N(CCCN1C[CH]NCC1)c1ccccc1S2. The highest BCUT2D eigenvalue weighted by Gasteiger charge is 2.33. The quantitative estimate of drug-likeness (QED) is 0.808. The molecule has 0 saturated carbocycles. The minimum atomic E-state index is -4.33. The highest BCUT2D eigenvalue weighted by molar-refractivity contribution is 7.99. The number of hydrogen-bond acceptors (Lipinski definition) is 4. The number of fused-ring (bicyclic) bond motifs is 2. The fraction of sp³-hybridized carbons (Fsp3) is 0.350. The van der Waals surface area contributed by atoms with Crippen molar-refractivity contribution in [2.45, 2.75) is 22.4 Å². The molecule has 1 fully saturated rings. The van der Waals surface area contributed by atoms with Crippen LogP contribution in [-0.4, -0.2) is 37.6 Å². The van der Waals surface area contributed by atoms with Crippen LogP contribution in [0.4, 0.5) is 24.5 Å². The Kier molecular flexibility index (Phi) is 5.34. The molecule has 1 N–H and O–H groups in total. The maximum Gasteiger partial charge on any atom is 0.416 e. The maximum absolute atomic E-state index is 13.2. The van der Waals surface area contributed by atoms with Crippen LogP contribution in [0.25, 0.3) is 0 Å². The number of piperazine rings is 1. The molecule has 2 heterocycles. The molecule has 7 heteroatoms. The number of nitrogens with one attached hydrogen (secondary N) is 1. The van der Waals surface area contributed by atoms with E-state index in [4.69, 9.17) is 0 Å². The summed E-state index contributed by atoms with van der Waals surface area (Å²) in [6.07, 6.45) is -3.44. The molecular formula is C20H21F3N3S. The van der Waals surface area contributed by atoms with E-state index in [0.29, 0.717) is 12.2 Å². The lowest BCUT2D eigenvalue weighted by Gasteiger charge is -2.34. The van der Waals surface area contributed by atoms with E-state index in [0.717, 1.165) is 48.1 Å². The van der Waals surface area contributed by atoms with Crippen molar-refractivity contribution in [2.75, 3.05) is 37.6 Å². The summed E-state index contributed by atoms with van der Waals surface area (Å²) >= 11 is 1.53. The third kappa shape index (κ3) is 4.10. The molecule has 0 aromatic heterocycles. The molecule has 2 aromatic carbocycles. The summed E-state index contributed by atoms with van der Waals surface area (Å²) in [6, 6.07) is 12.0. The molecule has 0 amide bonds. The second-order valence-corrected chi connectivity index (χ2v) is 7.80. The average Bonchev–Trinajstić information content (AvgIpc) is 2.67. The monoisotopic (exact) mass is 392 g/mol.